The molecule has 0 bridgehead atoms. The zero-order chi connectivity index (χ0) is 30.3. The number of carbonyl (C=O) groups excluding carboxylic acids is 5. The Hall–Kier alpha value is -3.97. The van der Waals surface area contributed by atoms with Crippen molar-refractivity contribution >= 4 is 45.6 Å². The lowest BCUT2D eigenvalue weighted by molar-refractivity contribution is -0.288. The summed E-state index contributed by atoms with van der Waals surface area (Å²) in [6, 6.07) is 11.1. The highest BCUT2D eigenvalue weighted by Crippen LogP contribution is 2.33. The Morgan fingerprint density at radius 1 is 0.805 bits per heavy atom. The molecule has 1 N–H and O–H groups in total. The standard InChI is InChI=1S/C28H29BrO12/c1-14(30)36-13-24-25(37-15(2)31)26(38-16(3)32)27(39-17(4)33)28(41-24)40-20-9-10-21(23(35)12-20)22(34)11-18-5-7-19(29)8-6-18/h5-10,12,24-28,35H,11,13H2,1-4H3/t24-,25+,26+,27-,28+/m0/s1. The molecule has 1 fully saturated rings. The average molecular weight is 637 g/mol. The third-order valence-electron chi connectivity index (χ3n) is 5.75. The maximum Gasteiger partial charge on any atom is 0.303 e. The first-order valence-corrected chi connectivity index (χ1v) is 13.2. The Labute approximate surface area is 243 Å². The Morgan fingerprint density at radius 2 is 1.39 bits per heavy atom. The Morgan fingerprint density at radius 3 is 1.95 bits per heavy atom. The lowest BCUT2D eigenvalue weighted by Gasteiger charge is -2.43. The summed E-state index contributed by atoms with van der Waals surface area (Å²) in [5.74, 6) is -3.73. The van der Waals surface area contributed by atoms with Gasteiger partial charge >= 0.3 is 23.9 Å². The minimum atomic E-state index is -1.49. The van der Waals surface area contributed by atoms with Gasteiger partial charge in [0.2, 0.25) is 12.4 Å². The second-order valence-corrected chi connectivity index (χ2v) is 10.0. The molecule has 5 atom stereocenters. The molecule has 220 valence electrons. The van der Waals surface area contributed by atoms with Gasteiger partial charge in [0.25, 0.3) is 0 Å². The number of Topliss-reactive ketones (excluding diaryl/α,β-unsaturated/α-hetero) is 1. The van der Waals surface area contributed by atoms with E-state index in [0.29, 0.717) is 0 Å². The van der Waals surface area contributed by atoms with Crippen molar-refractivity contribution in [3.8, 4) is 11.5 Å². The molecule has 3 rings (SSSR count). The maximum atomic E-state index is 12.8. The van der Waals surface area contributed by atoms with E-state index in [4.69, 9.17) is 28.4 Å². The van der Waals surface area contributed by atoms with Crippen LogP contribution in [0.5, 0.6) is 11.5 Å². The fourth-order valence-electron chi connectivity index (χ4n) is 4.12. The highest BCUT2D eigenvalue weighted by molar-refractivity contribution is 9.10. The minimum Gasteiger partial charge on any atom is -0.507 e. The van der Waals surface area contributed by atoms with Crippen molar-refractivity contribution < 1.29 is 57.5 Å². The third kappa shape index (κ3) is 9.02. The van der Waals surface area contributed by atoms with Crippen LogP contribution in [0.1, 0.15) is 43.6 Å². The zero-order valence-corrected chi connectivity index (χ0v) is 24.2. The quantitative estimate of drug-likeness (QED) is 0.231. The molecular formula is C28H29BrO12. The first kappa shape index (κ1) is 31.6. The van der Waals surface area contributed by atoms with E-state index in [1.807, 2.05) is 0 Å². The highest BCUT2D eigenvalue weighted by Gasteiger charge is 2.53. The molecule has 13 heteroatoms. The molecule has 0 spiro atoms. The normalized spacial score (nSPS) is 21.7. The molecule has 0 aromatic heterocycles. The van der Waals surface area contributed by atoms with Gasteiger partial charge in [-0.25, -0.2) is 0 Å². The van der Waals surface area contributed by atoms with Crippen LogP contribution >= 0.6 is 15.9 Å². The van der Waals surface area contributed by atoms with Crippen molar-refractivity contribution in [1.29, 1.82) is 0 Å². The smallest absolute Gasteiger partial charge is 0.303 e. The van der Waals surface area contributed by atoms with E-state index < -0.39 is 61.2 Å². The predicted octanol–water partition coefficient (Wildman–Crippen LogP) is 3.04. The lowest BCUT2D eigenvalue weighted by atomic mass is 9.98. The van der Waals surface area contributed by atoms with Crippen molar-refractivity contribution in [2.24, 2.45) is 0 Å². The number of hydrogen-bond acceptors (Lipinski definition) is 12. The SMILES string of the molecule is CC(=O)OC[C@@H]1O[C@@H](Oc2ccc(C(=O)Cc3ccc(Br)cc3)c(O)c2)[C@@H](OC(C)=O)[C@H](OC(C)=O)[C@@H]1OC(C)=O. The molecule has 41 heavy (non-hydrogen) atoms. The van der Waals surface area contributed by atoms with E-state index in [0.717, 1.165) is 37.7 Å². The highest BCUT2D eigenvalue weighted by atomic mass is 79.9. The molecule has 2 aromatic rings. The van der Waals surface area contributed by atoms with E-state index in [9.17, 15) is 29.1 Å². The molecule has 2 aromatic carbocycles. The van der Waals surface area contributed by atoms with Crippen LogP contribution < -0.4 is 4.74 Å². The van der Waals surface area contributed by atoms with E-state index in [1.165, 1.54) is 18.2 Å². The van der Waals surface area contributed by atoms with Gasteiger partial charge < -0.3 is 33.5 Å². The van der Waals surface area contributed by atoms with E-state index in [1.54, 1.807) is 24.3 Å². The maximum absolute atomic E-state index is 12.8. The number of ketones is 1. The number of esters is 4. The van der Waals surface area contributed by atoms with Gasteiger partial charge in [-0.15, -0.1) is 0 Å². The van der Waals surface area contributed by atoms with Crippen molar-refractivity contribution in [2.75, 3.05) is 6.61 Å². The molecule has 1 saturated heterocycles. The fraction of sp³-hybridized carbons (Fsp3) is 0.393. The van der Waals surface area contributed by atoms with E-state index in [-0.39, 0.29) is 29.3 Å². The van der Waals surface area contributed by atoms with Crippen molar-refractivity contribution in [2.45, 2.75) is 64.8 Å². The molecule has 1 aliphatic heterocycles. The summed E-state index contributed by atoms with van der Waals surface area (Å²) in [6.45, 7) is 4.05. The summed E-state index contributed by atoms with van der Waals surface area (Å²) in [4.78, 5) is 60.1. The topological polar surface area (TPSA) is 161 Å². The van der Waals surface area contributed by atoms with Crippen LogP contribution in [-0.2, 0) is 49.3 Å². The van der Waals surface area contributed by atoms with Crippen LogP contribution in [0.25, 0.3) is 0 Å². The number of hydrogen-bond donors (Lipinski definition) is 1. The number of aromatic hydroxyl groups is 1. The first-order chi connectivity index (χ1) is 19.3. The number of halogens is 1. The summed E-state index contributed by atoms with van der Waals surface area (Å²) >= 11 is 3.34. The van der Waals surface area contributed by atoms with Crippen LogP contribution in [0.4, 0.5) is 0 Å². The number of carbonyl (C=O) groups is 5. The van der Waals surface area contributed by atoms with Crippen LogP contribution in [0.15, 0.2) is 46.9 Å². The second-order valence-electron chi connectivity index (χ2n) is 9.09. The predicted molar refractivity (Wildman–Crippen MR) is 143 cm³/mol. The van der Waals surface area contributed by atoms with Crippen LogP contribution in [-0.4, -0.2) is 72.1 Å². The monoisotopic (exact) mass is 636 g/mol. The van der Waals surface area contributed by atoms with Crippen LogP contribution in [0.2, 0.25) is 0 Å². The van der Waals surface area contributed by atoms with Gasteiger partial charge in [-0.2, -0.15) is 0 Å². The molecule has 1 heterocycles. The number of phenols is 1. The van der Waals surface area contributed by atoms with Gasteiger partial charge in [0.05, 0.1) is 5.56 Å². The molecule has 0 aliphatic carbocycles. The van der Waals surface area contributed by atoms with Crippen molar-refractivity contribution in [1.82, 2.24) is 0 Å². The number of rotatable bonds is 10. The average Bonchev–Trinajstić information content (AvgIpc) is 2.87. The van der Waals surface area contributed by atoms with Crippen LogP contribution in [0, 0.1) is 0 Å². The van der Waals surface area contributed by atoms with Crippen molar-refractivity contribution in [3.63, 3.8) is 0 Å². The van der Waals surface area contributed by atoms with Crippen LogP contribution in [0.3, 0.4) is 0 Å². The summed E-state index contributed by atoms with van der Waals surface area (Å²) in [6.07, 6.45) is -6.86. The largest absolute Gasteiger partial charge is 0.507 e. The van der Waals surface area contributed by atoms with Gasteiger partial charge in [0.15, 0.2) is 18.0 Å². The summed E-state index contributed by atoms with van der Waals surface area (Å²) in [7, 11) is 0. The number of benzene rings is 2. The molecule has 0 amide bonds. The Bertz CT molecular complexity index is 1290. The summed E-state index contributed by atoms with van der Waals surface area (Å²) in [5, 5.41) is 10.6. The molecular weight excluding hydrogens is 608 g/mol. The van der Waals surface area contributed by atoms with Gasteiger partial charge in [-0.1, -0.05) is 28.1 Å². The lowest BCUT2D eigenvalue weighted by Crippen LogP contribution is -2.63. The minimum absolute atomic E-state index is 0.00333. The molecule has 0 saturated carbocycles. The van der Waals surface area contributed by atoms with Gasteiger partial charge in [0.1, 0.15) is 24.2 Å². The Kier molecular flexibility index (Phi) is 10.8. The van der Waals surface area contributed by atoms with Gasteiger partial charge in [0, 0.05) is 44.7 Å². The molecule has 0 unspecified atom stereocenters. The molecule has 1 aliphatic rings. The van der Waals surface area contributed by atoms with E-state index >= 15 is 0 Å². The Balaban J connectivity index is 1.90. The number of ether oxygens (including phenoxy) is 6. The van der Waals surface area contributed by atoms with Crippen molar-refractivity contribution in [3.05, 3.63) is 58.1 Å². The second kappa shape index (κ2) is 14.1. The first-order valence-electron chi connectivity index (χ1n) is 12.4. The summed E-state index contributed by atoms with van der Waals surface area (Å²) < 4.78 is 33.7. The molecule has 0 radical (unpaired) electrons. The fourth-order valence-corrected chi connectivity index (χ4v) is 4.39. The third-order valence-corrected chi connectivity index (χ3v) is 6.28. The zero-order valence-electron chi connectivity index (χ0n) is 22.7. The van der Waals surface area contributed by atoms with Gasteiger partial charge in [-0.3, -0.25) is 24.0 Å². The number of phenolic OH excluding ortho intramolecular Hbond substituents is 1. The summed E-state index contributed by atoms with van der Waals surface area (Å²) in [5.41, 5.74) is 0.789. The van der Waals surface area contributed by atoms with E-state index in [2.05, 4.69) is 15.9 Å². The molecule has 12 nitrogen and oxygen atoms in total. The van der Waals surface area contributed by atoms with Gasteiger partial charge in [-0.05, 0) is 29.8 Å².